The lowest BCUT2D eigenvalue weighted by atomic mass is 10.2. The fraction of sp³-hybridized carbons (Fsp3) is 0.412. The third-order valence-corrected chi connectivity index (χ3v) is 4.95. The van der Waals surface area contributed by atoms with E-state index in [1.165, 1.54) is 16.9 Å². The summed E-state index contributed by atoms with van der Waals surface area (Å²) in [6.07, 6.45) is 0.739. The normalized spacial score (nSPS) is 15.8. The van der Waals surface area contributed by atoms with Gasteiger partial charge >= 0.3 is 0 Å². The summed E-state index contributed by atoms with van der Waals surface area (Å²) in [4.78, 5) is 21.2. The summed E-state index contributed by atoms with van der Waals surface area (Å²) < 4.78 is 0. The summed E-state index contributed by atoms with van der Waals surface area (Å²) in [6.45, 7) is 4.84. The minimum Gasteiger partial charge on any atom is -0.335 e. The molecule has 0 aliphatic carbocycles. The average molecular weight is 330 g/mol. The van der Waals surface area contributed by atoms with Crippen LogP contribution >= 0.6 is 11.3 Å². The number of nitrogens with two attached hydrogens (primary N) is 1. The Hall–Kier alpha value is -1.76. The Kier molecular flexibility index (Phi) is 5.38. The summed E-state index contributed by atoms with van der Waals surface area (Å²) >= 11 is 1.52. The van der Waals surface area contributed by atoms with Crippen LogP contribution in [0.25, 0.3) is 0 Å². The van der Waals surface area contributed by atoms with Crippen molar-refractivity contribution in [1.29, 1.82) is 0 Å². The maximum Gasteiger partial charge on any atom is 0.273 e. The van der Waals surface area contributed by atoms with Gasteiger partial charge in [-0.2, -0.15) is 0 Å². The van der Waals surface area contributed by atoms with Crippen LogP contribution in [0.3, 0.4) is 0 Å². The molecule has 1 aromatic heterocycles. The zero-order valence-electron chi connectivity index (χ0n) is 13.1. The Morgan fingerprint density at radius 3 is 2.61 bits per heavy atom. The number of piperazine rings is 1. The van der Waals surface area contributed by atoms with Gasteiger partial charge in [-0.3, -0.25) is 9.69 Å². The molecule has 1 aliphatic rings. The third kappa shape index (κ3) is 4.16. The fourth-order valence-electron chi connectivity index (χ4n) is 2.76. The number of rotatable bonds is 5. The van der Waals surface area contributed by atoms with Crippen molar-refractivity contribution in [2.24, 2.45) is 5.73 Å². The summed E-state index contributed by atoms with van der Waals surface area (Å²) in [6, 6.07) is 10.5. The molecule has 3 rings (SSSR count). The summed E-state index contributed by atoms with van der Waals surface area (Å²) in [5.74, 6) is 0.0453. The summed E-state index contributed by atoms with van der Waals surface area (Å²) in [5, 5.41) is 2.79. The van der Waals surface area contributed by atoms with Crippen LogP contribution in [0.5, 0.6) is 0 Å². The Balaban J connectivity index is 1.52. The van der Waals surface area contributed by atoms with Gasteiger partial charge in [0.15, 0.2) is 0 Å². The second-order valence-corrected chi connectivity index (χ2v) is 6.66. The Morgan fingerprint density at radius 1 is 1.17 bits per heavy atom. The number of nitrogens with zero attached hydrogens (tertiary/aromatic N) is 3. The second kappa shape index (κ2) is 7.68. The highest BCUT2D eigenvalue weighted by atomic mass is 32.1. The number of hydrogen-bond acceptors (Lipinski definition) is 5. The number of aromatic nitrogens is 1. The minimum atomic E-state index is 0.0453. The van der Waals surface area contributed by atoms with Crippen LogP contribution in [0.1, 0.15) is 21.1 Å². The van der Waals surface area contributed by atoms with E-state index in [1.807, 2.05) is 16.3 Å². The molecule has 1 saturated heterocycles. The van der Waals surface area contributed by atoms with Gasteiger partial charge in [-0.15, -0.1) is 11.3 Å². The minimum absolute atomic E-state index is 0.0453. The van der Waals surface area contributed by atoms with Crippen LogP contribution in [0.15, 0.2) is 35.7 Å². The van der Waals surface area contributed by atoms with Crippen LogP contribution in [0.2, 0.25) is 0 Å². The van der Waals surface area contributed by atoms with E-state index in [0.717, 1.165) is 44.2 Å². The molecule has 0 bridgehead atoms. The van der Waals surface area contributed by atoms with Gasteiger partial charge < -0.3 is 10.6 Å². The predicted molar refractivity (Wildman–Crippen MR) is 92.5 cm³/mol. The average Bonchev–Trinajstić information content (AvgIpc) is 3.05. The monoisotopic (exact) mass is 330 g/mol. The molecule has 1 amide bonds. The standard InChI is InChI=1S/C17H22N4OS/c18-7-6-16-19-15(13-23-16)17(22)21-10-8-20(9-11-21)12-14-4-2-1-3-5-14/h1-5,13H,6-12,18H2. The maximum absolute atomic E-state index is 12.5. The Bertz CT molecular complexity index is 635. The lowest BCUT2D eigenvalue weighted by Gasteiger charge is -2.34. The molecule has 2 N–H and O–H groups in total. The molecule has 6 heteroatoms. The van der Waals surface area contributed by atoms with Gasteiger partial charge in [-0.05, 0) is 12.1 Å². The molecule has 0 spiro atoms. The molecular formula is C17H22N4OS. The number of amides is 1. The molecule has 0 unspecified atom stereocenters. The van der Waals surface area contributed by atoms with Crippen molar-refractivity contribution >= 4 is 17.2 Å². The van der Waals surface area contributed by atoms with Gasteiger partial charge in [0.25, 0.3) is 5.91 Å². The molecule has 0 radical (unpaired) electrons. The smallest absolute Gasteiger partial charge is 0.273 e. The summed E-state index contributed by atoms with van der Waals surface area (Å²) in [7, 11) is 0. The number of thiazole rings is 1. The highest BCUT2D eigenvalue weighted by molar-refractivity contribution is 7.09. The zero-order valence-corrected chi connectivity index (χ0v) is 14.0. The molecule has 1 fully saturated rings. The van der Waals surface area contributed by atoms with E-state index < -0.39 is 0 Å². The van der Waals surface area contributed by atoms with E-state index >= 15 is 0 Å². The van der Waals surface area contributed by atoms with Crippen molar-refractivity contribution in [1.82, 2.24) is 14.8 Å². The first-order valence-corrected chi connectivity index (χ1v) is 8.84. The first kappa shape index (κ1) is 16.1. The van der Waals surface area contributed by atoms with Crippen molar-refractivity contribution < 1.29 is 4.79 Å². The largest absolute Gasteiger partial charge is 0.335 e. The molecule has 1 aliphatic heterocycles. The maximum atomic E-state index is 12.5. The quantitative estimate of drug-likeness (QED) is 0.904. The first-order chi connectivity index (χ1) is 11.3. The SMILES string of the molecule is NCCc1nc(C(=O)N2CCN(Cc3ccccc3)CC2)cs1. The number of carbonyl (C=O) groups is 1. The molecule has 2 heterocycles. The van der Waals surface area contributed by atoms with E-state index in [9.17, 15) is 4.79 Å². The highest BCUT2D eigenvalue weighted by Crippen LogP contribution is 2.14. The molecule has 1 aromatic carbocycles. The molecule has 122 valence electrons. The van der Waals surface area contributed by atoms with Gasteiger partial charge in [0.05, 0.1) is 5.01 Å². The Labute approximate surface area is 140 Å². The van der Waals surface area contributed by atoms with E-state index in [-0.39, 0.29) is 5.91 Å². The third-order valence-electron chi connectivity index (χ3n) is 4.04. The van der Waals surface area contributed by atoms with E-state index in [1.54, 1.807) is 0 Å². The van der Waals surface area contributed by atoms with E-state index in [2.05, 4.69) is 34.1 Å². The topological polar surface area (TPSA) is 62.5 Å². The van der Waals surface area contributed by atoms with Crippen molar-refractivity contribution in [2.75, 3.05) is 32.7 Å². The van der Waals surface area contributed by atoms with Crippen LogP contribution in [-0.2, 0) is 13.0 Å². The highest BCUT2D eigenvalue weighted by Gasteiger charge is 2.23. The van der Waals surface area contributed by atoms with Crippen molar-refractivity contribution in [3.8, 4) is 0 Å². The Morgan fingerprint density at radius 2 is 1.91 bits per heavy atom. The molecule has 23 heavy (non-hydrogen) atoms. The molecule has 0 saturated carbocycles. The molecule has 2 aromatic rings. The van der Waals surface area contributed by atoms with Crippen LogP contribution < -0.4 is 5.73 Å². The van der Waals surface area contributed by atoms with Gasteiger partial charge in [0, 0.05) is 44.5 Å². The van der Waals surface area contributed by atoms with Crippen LogP contribution in [0.4, 0.5) is 0 Å². The number of benzene rings is 1. The van der Waals surface area contributed by atoms with Gasteiger partial charge in [0.2, 0.25) is 0 Å². The lowest BCUT2D eigenvalue weighted by molar-refractivity contribution is 0.0623. The molecular weight excluding hydrogens is 308 g/mol. The van der Waals surface area contributed by atoms with Crippen molar-refractivity contribution in [2.45, 2.75) is 13.0 Å². The zero-order chi connectivity index (χ0) is 16.1. The van der Waals surface area contributed by atoms with Crippen LogP contribution in [-0.4, -0.2) is 53.4 Å². The van der Waals surface area contributed by atoms with E-state index in [0.29, 0.717) is 12.2 Å². The van der Waals surface area contributed by atoms with Crippen LogP contribution in [0, 0.1) is 0 Å². The van der Waals surface area contributed by atoms with Crippen molar-refractivity contribution in [3.05, 3.63) is 52.0 Å². The fourth-order valence-corrected chi connectivity index (χ4v) is 3.55. The molecule has 0 atom stereocenters. The van der Waals surface area contributed by atoms with E-state index in [4.69, 9.17) is 5.73 Å². The number of carbonyl (C=O) groups excluding carboxylic acids is 1. The van der Waals surface area contributed by atoms with Gasteiger partial charge in [-0.25, -0.2) is 4.98 Å². The van der Waals surface area contributed by atoms with Gasteiger partial charge in [-0.1, -0.05) is 30.3 Å². The predicted octanol–water partition coefficient (Wildman–Crippen LogP) is 1.60. The number of hydrogen-bond donors (Lipinski definition) is 1. The van der Waals surface area contributed by atoms with Crippen molar-refractivity contribution in [3.63, 3.8) is 0 Å². The molecule has 5 nitrogen and oxygen atoms in total. The lowest BCUT2D eigenvalue weighted by Crippen LogP contribution is -2.48. The first-order valence-electron chi connectivity index (χ1n) is 7.96. The second-order valence-electron chi connectivity index (χ2n) is 5.72. The van der Waals surface area contributed by atoms with Gasteiger partial charge in [0.1, 0.15) is 5.69 Å². The summed E-state index contributed by atoms with van der Waals surface area (Å²) in [5.41, 5.74) is 7.42.